The van der Waals surface area contributed by atoms with Crippen molar-refractivity contribution in [3.63, 3.8) is 0 Å². The van der Waals surface area contributed by atoms with Crippen molar-refractivity contribution in [1.82, 2.24) is 0 Å². The lowest BCUT2D eigenvalue weighted by Gasteiger charge is -2.43. The molecule has 0 unspecified atom stereocenters. The Kier molecular flexibility index (Phi) is 3.42. The van der Waals surface area contributed by atoms with Crippen LogP contribution >= 0.6 is 0 Å². The van der Waals surface area contributed by atoms with Gasteiger partial charge in [0, 0.05) is 0 Å². The van der Waals surface area contributed by atoms with E-state index in [2.05, 4.69) is 6.92 Å². The number of rotatable bonds is 1. The lowest BCUT2D eigenvalue weighted by molar-refractivity contribution is 0.0833. The second kappa shape index (κ2) is 4.13. The Morgan fingerprint density at radius 2 is 1.45 bits per heavy atom. The van der Waals surface area contributed by atoms with E-state index in [0.717, 1.165) is 11.8 Å². The lowest BCUT2D eigenvalue weighted by atomic mass is 9.63. The Morgan fingerprint density at radius 1 is 0.909 bits per heavy atom. The minimum atomic E-state index is 1.07. The summed E-state index contributed by atoms with van der Waals surface area (Å²) in [7, 11) is 0. The Morgan fingerprint density at radius 3 is 1.73 bits per heavy atom. The first-order valence-corrected chi connectivity index (χ1v) is 5.36. The van der Waals surface area contributed by atoms with Crippen LogP contribution in [0.15, 0.2) is 0 Å². The Balaban J connectivity index is 0.000000281. The third-order valence-corrected chi connectivity index (χ3v) is 3.23. The normalized spacial score (nSPS) is 36.3. The van der Waals surface area contributed by atoms with Gasteiger partial charge < -0.3 is 0 Å². The van der Waals surface area contributed by atoms with Gasteiger partial charge in [0.15, 0.2) is 0 Å². The zero-order valence-electron chi connectivity index (χ0n) is 8.27. The molecule has 0 heteroatoms. The summed E-state index contributed by atoms with van der Waals surface area (Å²) in [6.45, 7) is 6.38. The summed E-state index contributed by atoms with van der Waals surface area (Å²) in [6, 6.07) is 0. The van der Waals surface area contributed by atoms with Gasteiger partial charge in [0.1, 0.15) is 0 Å². The maximum absolute atomic E-state index is 2.38. The molecule has 0 aromatic carbocycles. The molecule has 0 nitrogen and oxygen atoms in total. The van der Waals surface area contributed by atoms with Gasteiger partial charge in [-0.05, 0) is 30.6 Å². The first-order chi connectivity index (χ1) is 5.36. The molecule has 2 fully saturated rings. The lowest BCUT2D eigenvalue weighted by Crippen LogP contribution is -2.32. The second-order valence-corrected chi connectivity index (χ2v) is 4.03. The monoisotopic (exact) mass is 154 g/mol. The van der Waals surface area contributed by atoms with E-state index in [1.807, 2.05) is 13.8 Å². The van der Waals surface area contributed by atoms with E-state index in [1.165, 1.54) is 12.3 Å². The van der Waals surface area contributed by atoms with Gasteiger partial charge in [0.05, 0.1) is 0 Å². The molecule has 11 heavy (non-hydrogen) atoms. The summed E-state index contributed by atoms with van der Waals surface area (Å²) in [5.74, 6) is 3.39. The van der Waals surface area contributed by atoms with Crippen LogP contribution in [0, 0.1) is 17.8 Å². The van der Waals surface area contributed by atoms with Crippen LogP contribution in [0.2, 0.25) is 0 Å². The van der Waals surface area contributed by atoms with Gasteiger partial charge in [-0.1, -0.05) is 40.0 Å². The molecule has 2 rings (SSSR count). The van der Waals surface area contributed by atoms with Crippen LogP contribution in [0.1, 0.15) is 52.9 Å². The van der Waals surface area contributed by atoms with E-state index in [4.69, 9.17) is 0 Å². The van der Waals surface area contributed by atoms with Crippen molar-refractivity contribution in [2.24, 2.45) is 17.8 Å². The smallest absolute Gasteiger partial charge is 0.0381 e. The Bertz CT molecular complexity index is 96.6. The van der Waals surface area contributed by atoms with Crippen molar-refractivity contribution in [1.29, 1.82) is 0 Å². The number of hydrogen-bond acceptors (Lipinski definition) is 0. The summed E-state index contributed by atoms with van der Waals surface area (Å²) < 4.78 is 0. The average molecular weight is 154 g/mol. The van der Waals surface area contributed by atoms with Gasteiger partial charge in [-0.25, -0.2) is 0 Å². The zero-order valence-corrected chi connectivity index (χ0v) is 8.27. The predicted octanol–water partition coefficient (Wildman–Crippen LogP) is 3.86. The first-order valence-electron chi connectivity index (χ1n) is 5.36. The fraction of sp³-hybridized carbons (Fsp3) is 1.00. The molecule has 2 aliphatic carbocycles. The molecule has 2 saturated carbocycles. The molecule has 0 heterocycles. The van der Waals surface area contributed by atoms with Crippen molar-refractivity contribution < 1.29 is 0 Å². The first kappa shape index (κ1) is 9.09. The molecule has 0 saturated heterocycles. The molecule has 0 amide bonds. The highest BCUT2D eigenvalue weighted by molar-refractivity contribution is 4.85. The van der Waals surface area contributed by atoms with E-state index < -0.39 is 0 Å². The summed E-state index contributed by atoms with van der Waals surface area (Å²) in [5, 5.41) is 0. The molecule has 0 atom stereocenters. The molecule has 2 aliphatic rings. The predicted molar refractivity (Wildman–Crippen MR) is 50.6 cm³/mol. The molecule has 0 spiro atoms. The standard InChI is InChI=1S/C9H16.C2H6/c1-7-5-9(6-7)8-3-2-4-8;1-2/h7-9H,2-6H2,1H3;1-2H3. The highest BCUT2D eigenvalue weighted by Crippen LogP contribution is 2.46. The zero-order chi connectivity index (χ0) is 8.27. The van der Waals surface area contributed by atoms with Crippen LogP contribution in [0.25, 0.3) is 0 Å². The maximum atomic E-state index is 2.38. The van der Waals surface area contributed by atoms with Gasteiger partial charge in [-0.2, -0.15) is 0 Å². The highest BCUT2D eigenvalue weighted by Gasteiger charge is 2.34. The molecule has 0 N–H and O–H groups in total. The molecular formula is C11H22. The molecule has 0 aliphatic heterocycles. The summed E-state index contributed by atoms with van der Waals surface area (Å²) in [4.78, 5) is 0. The molecule has 0 radical (unpaired) electrons. The van der Waals surface area contributed by atoms with Crippen molar-refractivity contribution in [2.45, 2.75) is 52.9 Å². The van der Waals surface area contributed by atoms with E-state index in [-0.39, 0.29) is 0 Å². The Labute approximate surface area is 71.4 Å². The molecule has 0 aromatic rings. The van der Waals surface area contributed by atoms with E-state index in [1.54, 1.807) is 25.7 Å². The summed E-state index contributed by atoms with van der Waals surface area (Å²) >= 11 is 0. The van der Waals surface area contributed by atoms with Crippen LogP contribution < -0.4 is 0 Å². The second-order valence-electron chi connectivity index (χ2n) is 4.03. The highest BCUT2D eigenvalue weighted by atomic mass is 14.4. The van der Waals surface area contributed by atoms with E-state index in [9.17, 15) is 0 Å². The largest absolute Gasteiger partial charge is 0.0683 e. The SMILES string of the molecule is CC.CC1CC(C2CCC2)C1. The summed E-state index contributed by atoms with van der Waals surface area (Å²) in [6.07, 6.45) is 7.72. The van der Waals surface area contributed by atoms with Crippen molar-refractivity contribution in [3.05, 3.63) is 0 Å². The fourth-order valence-electron chi connectivity index (χ4n) is 2.26. The summed E-state index contributed by atoms with van der Waals surface area (Å²) in [5.41, 5.74) is 0. The average Bonchev–Trinajstić information content (AvgIpc) is 1.86. The molecule has 0 bridgehead atoms. The van der Waals surface area contributed by atoms with Crippen molar-refractivity contribution >= 4 is 0 Å². The maximum Gasteiger partial charge on any atom is -0.0381 e. The molecule has 66 valence electrons. The van der Waals surface area contributed by atoms with Gasteiger partial charge in [-0.15, -0.1) is 0 Å². The quantitative estimate of drug-likeness (QED) is 0.538. The van der Waals surface area contributed by atoms with Gasteiger partial charge >= 0.3 is 0 Å². The van der Waals surface area contributed by atoms with E-state index in [0.29, 0.717) is 0 Å². The van der Waals surface area contributed by atoms with Crippen molar-refractivity contribution in [3.8, 4) is 0 Å². The van der Waals surface area contributed by atoms with Gasteiger partial charge in [0.25, 0.3) is 0 Å². The minimum absolute atomic E-state index is 1.07. The fourth-order valence-corrected chi connectivity index (χ4v) is 2.26. The van der Waals surface area contributed by atoms with Crippen molar-refractivity contribution in [2.75, 3.05) is 0 Å². The third kappa shape index (κ3) is 1.98. The molecular weight excluding hydrogens is 132 g/mol. The van der Waals surface area contributed by atoms with Crippen LogP contribution in [0.4, 0.5) is 0 Å². The topological polar surface area (TPSA) is 0 Å². The van der Waals surface area contributed by atoms with Gasteiger partial charge in [-0.3, -0.25) is 0 Å². The minimum Gasteiger partial charge on any atom is -0.0683 e. The van der Waals surface area contributed by atoms with Crippen LogP contribution in [0.5, 0.6) is 0 Å². The molecule has 0 aromatic heterocycles. The van der Waals surface area contributed by atoms with Gasteiger partial charge in [0.2, 0.25) is 0 Å². The van der Waals surface area contributed by atoms with Crippen LogP contribution in [0.3, 0.4) is 0 Å². The van der Waals surface area contributed by atoms with E-state index >= 15 is 0 Å². The number of hydrogen-bond donors (Lipinski definition) is 0. The Hall–Kier alpha value is 0. The third-order valence-electron chi connectivity index (χ3n) is 3.23. The van der Waals surface area contributed by atoms with Crippen LogP contribution in [-0.4, -0.2) is 0 Å². The van der Waals surface area contributed by atoms with Crippen LogP contribution in [-0.2, 0) is 0 Å².